The van der Waals surface area contributed by atoms with Crippen LogP contribution in [0.25, 0.3) is 11.4 Å². The standard InChI is InChI=1S/C12H15N3O2/c1-8(17-3)9-5-4-6-10(7-9)11-13-12(16)15(2)14-11/h4-8H,1-3H3,(H,13,14,16)/t8-/m1/s1. The molecule has 0 bridgehead atoms. The van der Waals surface area contributed by atoms with Crippen LogP contribution in [0.5, 0.6) is 0 Å². The Morgan fingerprint density at radius 3 is 2.82 bits per heavy atom. The summed E-state index contributed by atoms with van der Waals surface area (Å²) >= 11 is 0. The molecule has 2 rings (SSSR count). The quantitative estimate of drug-likeness (QED) is 0.873. The van der Waals surface area contributed by atoms with Crippen molar-refractivity contribution in [3.05, 3.63) is 40.3 Å². The Morgan fingerprint density at radius 1 is 1.47 bits per heavy atom. The van der Waals surface area contributed by atoms with Gasteiger partial charge in [0.1, 0.15) is 0 Å². The van der Waals surface area contributed by atoms with E-state index in [1.165, 1.54) is 4.68 Å². The van der Waals surface area contributed by atoms with Crippen LogP contribution in [0.15, 0.2) is 29.1 Å². The molecule has 1 aromatic heterocycles. The van der Waals surface area contributed by atoms with Gasteiger partial charge in [-0.25, -0.2) is 9.48 Å². The van der Waals surface area contributed by atoms with Crippen LogP contribution in [0.4, 0.5) is 0 Å². The fourth-order valence-electron chi connectivity index (χ4n) is 1.61. The van der Waals surface area contributed by atoms with E-state index in [1.807, 2.05) is 31.2 Å². The summed E-state index contributed by atoms with van der Waals surface area (Å²) in [5.74, 6) is 0.572. The van der Waals surface area contributed by atoms with E-state index in [0.717, 1.165) is 11.1 Å². The number of H-pyrrole nitrogens is 1. The third-order valence-corrected chi connectivity index (χ3v) is 2.75. The summed E-state index contributed by atoms with van der Waals surface area (Å²) < 4.78 is 6.54. The number of aromatic amines is 1. The van der Waals surface area contributed by atoms with Gasteiger partial charge < -0.3 is 4.74 Å². The molecule has 2 aromatic rings. The first-order valence-electron chi connectivity index (χ1n) is 5.38. The van der Waals surface area contributed by atoms with Crippen molar-refractivity contribution < 1.29 is 4.74 Å². The van der Waals surface area contributed by atoms with Crippen molar-refractivity contribution in [3.63, 3.8) is 0 Å². The molecule has 0 saturated heterocycles. The van der Waals surface area contributed by atoms with Gasteiger partial charge in [-0.15, -0.1) is 0 Å². The summed E-state index contributed by atoms with van der Waals surface area (Å²) in [6, 6.07) is 7.78. The largest absolute Gasteiger partial charge is 0.377 e. The number of nitrogens with zero attached hydrogens (tertiary/aromatic N) is 2. The second-order valence-electron chi connectivity index (χ2n) is 3.91. The lowest BCUT2D eigenvalue weighted by Gasteiger charge is -2.10. The van der Waals surface area contributed by atoms with E-state index in [0.29, 0.717) is 5.82 Å². The lowest BCUT2D eigenvalue weighted by molar-refractivity contribution is 0.119. The van der Waals surface area contributed by atoms with Gasteiger partial charge in [-0.05, 0) is 18.6 Å². The molecule has 0 aliphatic carbocycles. The first-order chi connectivity index (χ1) is 8.11. The summed E-state index contributed by atoms with van der Waals surface area (Å²) in [5, 5.41) is 4.11. The Morgan fingerprint density at radius 2 is 2.24 bits per heavy atom. The van der Waals surface area contributed by atoms with Crippen molar-refractivity contribution in [2.75, 3.05) is 7.11 Å². The number of hydrogen-bond acceptors (Lipinski definition) is 3. The van der Waals surface area contributed by atoms with Crippen LogP contribution < -0.4 is 5.69 Å². The highest BCUT2D eigenvalue weighted by Crippen LogP contribution is 2.21. The Hall–Kier alpha value is -1.88. The molecule has 5 heteroatoms. The molecular formula is C12H15N3O2. The van der Waals surface area contributed by atoms with Gasteiger partial charge in [0.15, 0.2) is 5.82 Å². The van der Waals surface area contributed by atoms with Gasteiger partial charge >= 0.3 is 5.69 Å². The highest BCUT2D eigenvalue weighted by Gasteiger charge is 2.08. The Kier molecular flexibility index (Phi) is 3.10. The summed E-state index contributed by atoms with van der Waals surface area (Å²) in [6.07, 6.45) is 0.0189. The molecule has 90 valence electrons. The zero-order valence-corrected chi connectivity index (χ0v) is 10.1. The van der Waals surface area contributed by atoms with Crippen LogP contribution in [-0.4, -0.2) is 21.9 Å². The van der Waals surface area contributed by atoms with Crippen LogP contribution in [0, 0.1) is 0 Å². The van der Waals surface area contributed by atoms with Gasteiger partial charge in [0, 0.05) is 19.7 Å². The van der Waals surface area contributed by atoms with E-state index in [2.05, 4.69) is 10.1 Å². The number of aryl methyl sites for hydroxylation is 1. The Bertz CT molecular complexity index is 571. The average Bonchev–Trinajstić information content (AvgIpc) is 2.69. The average molecular weight is 233 g/mol. The van der Waals surface area contributed by atoms with Crippen molar-refractivity contribution in [2.24, 2.45) is 7.05 Å². The van der Waals surface area contributed by atoms with Gasteiger partial charge in [-0.2, -0.15) is 5.10 Å². The van der Waals surface area contributed by atoms with Gasteiger partial charge in [0.2, 0.25) is 0 Å². The lowest BCUT2D eigenvalue weighted by atomic mass is 10.1. The minimum Gasteiger partial charge on any atom is -0.377 e. The predicted molar refractivity (Wildman–Crippen MR) is 64.7 cm³/mol. The van der Waals surface area contributed by atoms with Crippen molar-refractivity contribution in [2.45, 2.75) is 13.0 Å². The molecule has 0 amide bonds. The van der Waals surface area contributed by atoms with Crippen molar-refractivity contribution in [1.29, 1.82) is 0 Å². The molecule has 0 spiro atoms. The molecule has 0 fully saturated rings. The third-order valence-electron chi connectivity index (χ3n) is 2.75. The van der Waals surface area contributed by atoms with Crippen molar-refractivity contribution >= 4 is 0 Å². The predicted octanol–water partition coefficient (Wildman–Crippen LogP) is 1.48. The molecular weight excluding hydrogens is 218 g/mol. The molecule has 17 heavy (non-hydrogen) atoms. The maximum absolute atomic E-state index is 11.3. The van der Waals surface area contributed by atoms with Crippen molar-refractivity contribution in [3.8, 4) is 11.4 Å². The van der Waals surface area contributed by atoms with Gasteiger partial charge in [-0.1, -0.05) is 18.2 Å². The highest BCUT2D eigenvalue weighted by molar-refractivity contribution is 5.55. The minimum absolute atomic E-state index is 0.0189. The van der Waals surface area contributed by atoms with Crippen LogP contribution in [0.3, 0.4) is 0 Å². The summed E-state index contributed by atoms with van der Waals surface area (Å²) in [4.78, 5) is 14.0. The van der Waals surface area contributed by atoms with Gasteiger partial charge in [0.25, 0.3) is 0 Å². The lowest BCUT2D eigenvalue weighted by Crippen LogP contribution is -2.13. The SMILES string of the molecule is CO[C@H](C)c1cccc(-c2nn(C)c(=O)[nH]2)c1. The monoisotopic (exact) mass is 233 g/mol. The van der Waals surface area contributed by atoms with E-state index in [-0.39, 0.29) is 11.8 Å². The van der Waals surface area contributed by atoms with Crippen molar-refractivity contribution in [1.82, 2.24) is 14.8 Å². The zero-order valence-electron chi connectivity index (χ0n) is 10.1. The number of rotatable bonds is 3. The number of benzene rings is 1. The van der Waals surface area contributed by atoms with E-state index >= 15 is 0 Å². The highest BCUT2D eigenvalue weighted by atomic mass is 16.5. The van der Waals surface area contributed by atoms with Crippen LogP contribution in [-0.2, 0) is 11.8 Å². The molecule has 5 nitrogen and oxygen atoms in total. The van der Waals surface area contributed by atoms with Gasteiger partial charge in [0.05, 0.1) is 6.10 Å². The normalized spacial score (nSPS) is 12.6. The van der Waals surface area contributed by atoms with E-state index in [9.17, 15) is 4.79 Å². The Balaban J connectivity index is 2.42. The van der Waals surface area contributed by atoms with Crippen LogP contribution in [0.2, 0.25) is 0 Å². The molecule has 0 aliphatic heterocycles. The second kappa shape index (κ2) is 4.55. The third kappa shape index (κ3) is 2.29. The Labute approximate surface area is 99.1 Å². The summed E-state index contributed by atoms with van der Waals surface area (Å²) in [5.41, 5.74) is 1.71. The first-order valence-corrected chi connectivity index (χ1v) is 5.38. The smallest absolute Gasteiger partial charge is 0.343 e. The number of aromatic nitrogens is 3. The number of ether oxygens (including phenoxy) is 1. The topological polar surface area (TPSA) is 59.9 Å². The first kappa shape index (κ1) is 11.6. The molecule has 0 radical (unpaired) electrons. The minimum atomic E-state index is -0.217. The molecule has 1 atom stereocenters. The summed E-state index contributed by atoms with van der Waals surface area (Å²) in [6.45, 7) is 1.97. The molecule has 1 N–H and O–H groups in total. The molecule has 1 heterocycles. The molecule has 0 aliphatic rings. The number of methoxy groups -OCH3 is 1. The fraction of sp³-hybridized carbons (Fsp3) is 0.333. The second-order valence-corrected chi connectivity index (χ2v) is 3.91. The maximum atomic E-state index is 11.3. The fourth-order valence-corrected chi connectivity index (χ4v) is 1.61. The molecule has 1 aromatic carbocycles. The molecule has 0 unspecified atom stereocenters. The molecule has 0 saturated carbocycles. The van der Waals surface area contributed by atoms with E-state index in [4.69, 9.17) is 4.74 Å². The van der Waals surface area contributed by atoms with E-state index in [1.54, 1.807) is 14.2 Å². The van der Waals surface area contributed by atoms with Crippen LogP contribution in [0.1, 0.15) is 18.6 Å². The zero-order chi connectivity index (χ0) is 12.4. The van der Waals surface area contributed by atoms with Crippen LogP contribution >= 0.6 is 0 Å². The van der Waals surface area contributed by atoms with E-state index < -0.39 is 0 Å². The number of hydrogen-bond donors (Lipinski definition) is 1. The maximum Gasteiger partial charge on any atom is 0.343 e. The number of nitrogens with one attached hydrogen (secondary N) is 1. The summed E-state index contributed by atoms with van der Waals surface area (Å²) in [7, 11) is 3.28. The van der Waals surface area contributed by atoms with Gasteiger partial charge in [-0.3, -0.25) is 4.98 Å².